The molecule has 1 saturated heterocycles. The highest BCUT2D eigenvalue weighted by Crippen LogP contribution is 2.24. The first-order chi connectivity index (χ1) is 10.1. The average Bonchev–Trinajstić information content (AvgIpc) is 2.50. The van der Waals surface area contributed by atoms with Crippen molar-refractivity contribution in [1.82, 2.24) is 5.32 Å². The topological polar surface area (TPSA) is 42.8 Å². The molecule has 0 aliphatic carbocycles. The van der Waals surface area contributed by atoms with Gasteiger partial charge in [-0.3, -0.25) is 4.79 Å². The van der Waals surface area contributed by atoms with Gasteiger partial charge in [0.1, 0.15) is 13.1 Å². The molecule has 1 aromatic rings. The lowest BCUT2D eigenvalue weighted by atomic mass is 10.4. The molecule has 0 bridgehead atoms. The molecule has 2 rings (SSSR count). The molecule has 1 aliphatic rings. The number of nitrogens with one attached hydrogen (secondary N) is 2. The number of carbonyl (C=O) groups is 1. The summed E-state index contributed by atoms with van der Waals surface area (Å²) < 4.78 is 5.32. The summed E-state index contributed by atoms with van der Waals surface area (Å²) in [6.45, 7) is 7.33. The van der Waals surface area contributed by atoms with Crippen molar-refractivity contribution >= 4 is 29.3 Å². The molecule has 116 valence electrons. The van der Waals surface area contributed by atoms with E-state index in [-0.39, 0.29) is 11.2 Å². The Balaban J connectivity index is 1.68. The fraction of sp³-hybridized carbons (Fsp3) is 0.533. The summed E-state index contributed by atoms with van der Waals surface area (Å²) >= 11 is 7.40. The van der Waals surface area contributed by atoms with Crippen LogP contribution in [0.1, 0.15) is 6.92 Å². The second-order valence-electron chi connectivity index (χ2n) is 5.12. The molecule has 6 heteroatoms. The number of quaternary nitrogens is 1. The van der Waals surface area contributed by atoms with Crippen LogP contribution in [0.5, 0.6) is 0 Å². The van der Waals surface area contributed by atoms with E-state index < -0.39 is 0 Å². The van der Waals surface area contributed by atoms with Gasteiger partial charge in [-0.1, -0.05) is 11.6 Å². The Kier molecular flexibility index (Phi) is 6.83. The summed E-state index contributed by atoms with van der Waals surface area (Å²) in [7, 11) is 0. The standard InChI is InChI=1S/C15H21ClN2O2S/c1-12(21-14-4-2-13(16)3-5-14)15(19)17-6-7-18-8-10-20-11-9-18/h2-5,12H,6-11H2,1H3,(H,17,19)/p+1/t12-/m1/s1. The van der Waals surface area contributed by atoms with Gasteiger partial charge in [-0.25, -0.2) is 0 Å². The number of rotatable bonds is 6. The van der Waals surface area contributed by atoms with Crippen LogP contribution < -0.4 is 10.2 Å². The van der Waals surface area contributed by atoms with Gasteiger partial charge in [-0.05, 0) is 31.2 Å². The van der Waals surface area contributed by atoms with E-state index >= 15 is 0 Å². The summed E-state index contributed by atoms with van der Waals surface area (Å²) in [6.07, 6.45) is 0. The fourth-order valence-corrected chi connectivity index (χ4v) is 3.20. The van der Waals surface area contributed by atoms with Crippen LogP contribution in [0.3, 0.4) is 0 Å². The SMILES string of the molecule is C[C@@H](Sc1ccc(Cl)cc1)C(=O)NCC[NH+]1CCOCC1. The molecule has 0 spiro atoms. The molecule has 1 aromatic carbocycles. The number of carbonyl (C=O) groups excluding carboxylic acids is 1. The lowest BCUT2D eigenvalue weighted by Crippen LogP contribution is -3.14. The molecular weight excluding hydrogens is 308 g/mol. The van der Waals surface area contributed by atoms with Crippen molar-refractivity contribution in [3.8, 4) is 0 Å². The maximum absolute atomic E-state index is 12.1. The van der Waals surface area contributed by atoms with Crippen LogP contribution in [-0.4, -0.2) is 50.5 Å². The van der Waals surface area contributed by atoms with Gasteiger partial charge in [0.2, 0.25) is 5.91 Å². The zero-order valence-electron chi connectivity index (χ0n) is 12.2. The van der Waals surface area contributed by atoms with Gasteiger partial charge < -0.3 is 15.0 Å². The fourth-order valence-electron chi connectivity index (χ4n) is 2.19. The first-order valence-corrected chi connectivity index (χ1v) is 8.52. The summed E-state index contributed by atoms with van der Waals surface area (Å²) in [5.74, 6) is 0.0857. The van der Waals surface area contributed by atoms with Gasteiger partial charge >= 0.3 is 0 Å². The Hall–Kier alpha value is -0.750. The van der Waals surface area contributed by atoms with E-state index in [1.54, 1.807) is 11.8 Å². The predicted molar refractivity (Wildman–Crippen MR) is 86.2 cm³/mol. The molecule has 4 nitrogen and oxygen atoms in total. The predicted octanol–water partition coefficient (Wildman–Crippen LogP) is 0.852. The first kappa shape index (κ1) is 16.6. The maximum atomic E-state index is 12.1. The Labute approximate surface area is 135 Å². The number of thioether (sulfide) groups is 1. The average molecular weight is 330 g/mol. The zero-order valence-corrected chi connectivity index (χ0v) is 13.8. The van der Waals surface area contributed by atoms with Crippen molar-refractivity contribution in [3.05, 3.63) is 29.3 Å². The van der Waals surface area contributed by atoms with Crippen LogP contribution in [0.4, 0.5) is 0 Å². The minimum absolute atomic E-state index is 0.0857. The third-order valence-corrected chi connectivity index (χ3v) is 4.84. The summed E-state index contributed by atoms with van der Waals surface area (Å²) in [6, 6.07) is 7.57. The molecule has 1 fully saturated rings. The molecule has 0 radical (unpaired) electrons. The van der Waals surface area contributed by atoms with Crippen molar-refractivity contribution in [3.63, 3.8) is 0 Å². The number of ether oxygens (including phenoxy) is 1. The monoisotopic (exact) mass is 329 g/mol. The highest BCUT2D eigenvalue weighted by molar-refractivity contribution is 8.00. The number of hydrogen-bond acceptors (Lipinski definition) is 3. The van der Waals surface area contributed by atoms with Crippen molar-refractivity contribution in [2.45, 2.75) is 17.1 Å². The van der Waals surface area contributed by atoms with Crippen LogP contribution in [0.15, 0.2) is 29.2 Å². The zero-order chi connectivity index (χ0) is 15.1. The smallest absolute Gasteiger partial charge is 0.233 e. The van der Waals surface area contributed by atoms with Crippen LogP contribution >= 0.6 is 23.4 Å². The molecule has 1 amide bonds. The normalized spacial score (nSPS) is 17.4. The second kappa shape index (κ2) is 8.63. The van der Waals surface area contributed by atoms with E-state index in [0.717, 1.165) is 44.3 Å². The Morgan fingerprint density at radius 3 is 2.71 bits per heavy atom. The van der Waals surface area contributed by atoms with Gasteiger partial charge in [0.15, 0.2) is 0 Å². The highest BCUT2D eigenvalue weighted by Gasteiger charge is 2.16. The highest BCUT2D eigenvalue weighted by atomic mass is 35.5. The quantitative estimate of drug-likeness (QED) is 0.761. The van der Waals surface area contributed by atoms with Crippen LogP contribution in [0.25, 0.3) is 0 Å². The van der Waals surface area contributed by atoms with Gasteiger partial charge in [-0.15, -0.1) is 11.8 Å². The van der Waals surface area contributed by atoms with Crippen molar-refractivity contribution in [2.24, 2.45) is 0 Å². The van der Waals surface area contributed by atoms with Crippen LogP contribution in [0.2, 0.25) is 5.02 Å². The molecule has 0 unspecified atom stereocenters. The van der Waals surface area contributed by atoms with E-state index in [1.807, 2.05) is 31.2 Å². The van der Waals surface area contributed by atoms with E-state index in [4.69, 9.17) is 16.3 Å². The van der Waals surface area contributed by atoms with E-state index in [2.05, 4.69) is 5.32 Å². The first-order valence-electron chi connectivity index (χ1n) is 7.26. The Morgan fingerprint density at radius 1 is 1.38 bits per heavy atom. The van der Waals surface area contributed by atoms with Crippen molar-refractivity contribution in [2.75, 3.05) is 39.4 Å². The second-order valence-corrected chi connectivity index (χ2v) is 6.97. The number of benzene rings is 1. The lowest BCUT2D eigenvalue weighted by molar-refractivity contribution is -0.906. The third-order valence-electron chi connectivity index (χ3n) is 3.47. The minimum atomic E-state index is -0.106. The molecule has 1 heterocycles. The minimum Gasteiger partial charge on any atom is -0.370 e. The Bertz CT molecular complexity index is 449. The molecule has 1 atom stereocenters. The van der Waals surface area contributed by atoms with Gasteiger partial charge in [0.25, 0.3) is 0 Å². The number of halogens is 1. The van der Waals surface area contributed by atoms with Gasteiger partial charge in [0.05, 0.1) is 31.6 Å². The number of hydrogen-bond donors (Lipinski definition) is 2. The van der Waals surface area contributed by atoms with Crippen LogP contribution in [0, 0.1) is 0 Å². The van der Waals surface area contributed by atoms with E-state index in [0.29, 0.717) is 5.02 Å². The molecule has 1 aliphatic heterocycles. The molecule has 0 saturated carbocycles. The van der Waals surface area contributed by atoms with Crippen molar-refractivity contribution in [1.29, 1.82) is 0 Å². The van der Waals surface area contributed by atoms with Crippen LogP contribution in [-0.2, 0) is 9.53 Å². The molecule has 21 heavy (non-hydrogen) atoms. The van der Waals surface area contributed by atoms with Crippen molar-refractivity contribution < 1.29 is 14.4 Å². The third kappa shape index (κ3) is 5.87. The molecule has 2 N–H and O–H groups in total. The van der Waals surface area contributed by atoms with E-state index in [9.17, 15) is 4.79 Å². The summed E-state index contributed by atoms with van der Waals surface area (Å²) in [5, 5.41) is 3.62. The van der Waals surface area contributed by atoms with Gasteiger partial charge in [-0.2, -0.15) is 0 Å². The Morgan fingerprint density at radius 2 is 2.05 bits per heavy atom. The summed E-state index contributed by atoms with van der Waals surface area (Å²) in [5.41, 5.74) is 0. The summed E-state index contributed by atoms with van der Waals surface area (Å²) in [4.78, 5) is 14.6. The number of amides is 1. The molecular formula is C15H22ClN2O2S+. The van der Waals surface area contributed by atoms with E-state index in [1.165, 1.54) is 4.90 Å². The lowest BCUT2D eigenvalue weighted by Gasteiger charge is -2.24. The maximum Gasteiger partial charge on any atom is 0.233 e. The number of morpholine rings is 1. The largest absolute Gasteiger partial charge is 0.370 e. The van der Waals surface area contributed by atoms with Gasteiger partial charge in [0, 0.05) is 9.92 Å². The molecule has 0 aromatic heterocycles.